The lowest BCUT2D eigenvalue weighted by molar-refractivity contribution is -0.0186. The molecule has 0 aromatic heterocycles. The van der Waals surface area contributed by atoms with Gasteiger partial charge in [-0.15, -0.1) is 0 Å². The highest BCUT2D eigenvalue weighted by Crippen LogP contribution is 2.28. The van der Waals surface area contributed by atoms with Gasteiger partial charge >= 0.3 is 0 Å². The Bertz CT molecular complexity index is 322. The Hall–Kier alpha value is -0.270. The lowest BCUT2D eigenvalue weighted by Gasteiger charge is -2.31. The van der Waals surface area contributed by atoms with E-state index in [0.717, 1.165) is 25.3 Å². The third-order valence-electron chi connectivity index (χ3n) is 3.58. The van der Waals surface area contributed by atoms with Crippen molar-refractivity contribution in [3.05, 3.63) is 11.3 Å². The molecule has 1 aliphatic heterocycles. The largest absolute Gasteiger partial charge is 0.388 e. The second-order valence-corrected chi connectivity index (χ2v) is 6.68. The molecule has 5 nitrogen and oxygen atoms in total. The standard InChI is InChI=1S/C14H28N2O3S/c1-9(5-16-11(3)17)13-4-12(6-15-10(13)2)7-20-8-14(18)19/h9,11-12,14-19H,4-8H2,1-3H3/t9-,11+,12-/m0/s1. The highest BCUT2D eigenvalue weighted by molar-refractivity contribution is 7.99. The van der Waals surface area contributed by atoms with Crippen molar-refractivity contribution in [1.29, 1.82) is 0 Å². The fourth-order valence-corrected chi connectivity index (χ4v) is 3.36. The summed E-state index contributed by atoms with van der Waals surface area (Å²) >= 11 is 1.58. The normalized spacial score (nSPS) is 22.9. The number of hydrogen-bond donors (Lipinski definition) is 5. The van der Waals surface area contributed by atoms with Crippen LogP contribution in [0.15, 0.2) is 11.3 Å². The molecule has 0 radical (unpaired) electrons. The molecular formula is C14H28N2O3S. The molecule has 1 aliphatic rings. The van der Waals surface area contributed by atoms with Crippen molar-refractivity contribution in [2.75, 3.05) is 24.6 Å². The number of aliphatic hydroxyl groups excluding tert-OH is 2. The molecule has 0 amide bonds. The summed E-state index contributed by atoms with van der Waals surface area (Å²) in [5.74, 6) is 2.20. The van der Waals surface area contributed by atoms with Crippen LogP contribution in [-0.4, -0.2) is 52.4 Å². The molecule has 0 spiro atoms. The number of nitrogens with one attached hydrogen (secondary N) is 2. The SMILES string of the molecule is CC1=C([C@@H](C)CN[C@@H](C)O)C[C@H](CSCC(O)O)CN1. The molecule has 0 saturated carbocycles. The van der Waals surface area contributed by atoms with Crippen LogP contribution in [0.3, 0.4) is 0 Å². The van der Waals surface area contributed by atoms with Gasteiger partial charge in [-0.3, -0.25) is 5.32 Å². The molecule has 6 heteroatoms. The minimum atomic E-state index is -1.22. The summed E-state index contributed by atoms with van der Waals surface area (Å²) in [4.78, 5) is 0. The van der Waals surface area contributed by atoms with Gasteiger partial charge in [0, 0.05) is 24.5 Å². The average molecular weight is 304 g/mol. The van der Waals surface area contributed by atoms with E-state index in [1.54, 1.807) is 18.7 Å². The van der Waals surface area contributed by atoms with Crippen molar-refractivity contribution >= 4 is 11.8 Å². The predicted octanol–water partition coefficient (Wildman–Crippen LogP) is 0.478. The van der Waals surface area contributed by atoms with E-state index < -0.39 is 12.5 Å². The summed E-state index contributed by atoms with van der Waals surface area (Å²) in [5, 5.41) is 33.5. The van der Waals surface area contributed by atoms with Crippen molar-refractivity contribution < 1.29 is 15.3 Å². The summed E-state index contributed by atoms with van der Waals surface area (Å²) in [6.45, 7) is 7.71. The second-order valence-electron chi connectivity index (χ2n) is 5.60. The van der Waals surface area contributed by atoms with Gasteiger partial charge in [-0.1, -0.05) is 6.92 Å². The molecular weight excluding hydrogens is 276 g/mol. The van der Waals surface area contributed by atoms with Gasteiger partial charge in [0.25, 0.3) is 0 Å². The highest BCUT2D eigenvalue weighted by Gasteiger charge is 2.22. The van der Waals surface area contributed by atoms with E-state index in [1.807, 2.05) is 0 Å². The maximum Gasteiger partial charge on any atom is 0.160 e. The number of aliphatic hydroxyl groups is 3. The molecule has 1 heterocycles. The van der Waals surface area contributed by atoms with E-state index in [1.165, 1.54) is 11.3 Å². The maximum atomic E-state index is 9.29. The maximum absolute atomic E-state index is 9.29. The van der Waals surface area contributed by atoms with Crippen LogP contribution >= 0.6 is 11.8 Å². The highest BCUT2D eigenvalue weighted by atomic mass is 32.2. The molecule has 118 valence electrons. The van der Waals surface area contributed by atoms with Crippen LogP contribution in [0, 0.1) is 11.8 Å². The Kier molecular flexibility index (Phi) is 7.91. The van der Waals surface area contributed by atoms with Gasteiger partial charge in [-0.25, -0.2) is 0 Å². The Balaban J connectivity index is 2.44. The van der Waals surface area contributed by atoms with Crippen molar-refractivity contribution in [3.8, 4) is 0 Å². The summed E-state index contributed by atoms with van der Waals surface area (Å²) in [7, 11) is 0. The zero-order chi connectivity index (χ0) is 15.1. The summed E-state index contributed by atoms with van der Waals surface area (Å²) in [6, 6.07) is 0. The number of thioether (sulfide) groups is 1. The van der Waals surface area contributed by atoms with Gasteiger partial charge in [-0.05, 0) is 43.4 Å². The third-order valence-corrected chi connectivity index (χ3v) is 4.82. The van der Waals surface area contributed by atoms with Crippen LogP contribution in [0.4, 0.5) is 0 Å². The third kappa shape index (κ3) is 6.45. The van der Waals surface area contributed by atoms with Crippen LogP contribution in [0.5, 0.6) is 0 Å². The molecule has 0 aliphatic carbocycles. The minimum Gasteiger partial charge on any atom is -0.388 e. The van der Waals surface area contributed by atoms with E-state index >= 15 is 0 Å². The van der Waals surface area contributed by atoms with Crippen molar-refractivity contribution in [2.45, 2.75) is 39.7 Å². The first kappa shape index (κ1) is 17.8. The minimum absolute atomic E-state index is 0.369. The first-order valence-corrected chi connectivity index (χ1v) is 8.34. The van der Waals surface area contributed by atoms with Gasteiger partial charge < -0.3 is 20.6 Å². The van der Waals surface area contributed by atoms with E-state index in [9.17, 15) is 5.11 Å². The van der Waals surface area contributed by atoms with Gasteiger partial charge in [0.15, 0.2) is 6.29 Å². The molecule has 0 fully saturated rings. The predicted molar refractivity (Wildman–Crippen MR) is 83.2 cm³/mol. The summed E-state index contributed by atoms with van der Waals surface area (Å²) in [6.07, 6.45) is -0.662. The van der Waals surface area contributed by atoms with Crippen LogP contribution in [0.1, 0.15) is 27.2 Å². The monoisotopic (exact) mass is 304 g/mol. The van der Waals surface area contributed by atoms with E-state index in [2.05, 4.69) is 24.5 Å². The van der Waals surface area contributed by atoms with E-state index in [4.69, 9.17) is 10.2 Å². The smallest absolute Gasteiger partial charge is 0.160 e. The fraction of sp³-hybridized carbons (Fsp3) is 0.857. The molecule has 0 aromatic rings. The van der Waals surface area contributed by atoms with Crippen molar-refractivity contribution in [1.82, 2.24) is 10.6 Å². The Labute approximate surface area is 125 Å². The molecule has 0 unspecified atom stereocenters. The molecule has 1 rings (SSSR count). The van der Waals surface area contributed by atoms with Crippen LogP contribution in [0.2, 0.25) is 0 Å². The topological polar surface area (TPSA) is 84.8 Å². The molecule has 0 aromatic carbocycles. The zero-order valence-electron chi connectivity index (χ0n) is 12.6. The van der Waals surface area contributed by atoms with Crippen LogP contribution < -0.4 is 10.6 Å². The van der Waals surface area contributed by atoms with Gasteiger partial charge in [0.1, 0.15) is 6.23 Å². The molecule has 5 N–H and O–H groups in total. The Morgan fingerprint density at radius 2 is 2.05 bits per heavy atom. The van der Waals surface area contributed by atoms with Crippen LogP contribution in [-0.2, 0) is 0 Å². The Morgan fingerprint density at radius 1 is 1.35 bits per heavy atom. The van der Waals surface area contributed by atoms with Gasteiger partial charge in [0.2, 0.25) is 0 Å². The first-order chi connectivity index (χ1) is 9.40. The quantitative estimate of drug-likeness (QED) is 0.419. The lowest BCUT2D eigenvalue weighted by atomic mass is 9.87. The average Bonchev–Trinajstić information content (AvgIpc) is 2.37. The van der Waals surface area contributed by atoms with Crippen LogP contribution in [0.25, 0.3) is 0 Å². The lowest BCUT2D eigenvalue weighted by Crippen LogP contribution is -2.35. The number of rotatable bonds is 8. The Morgan fingerprint density at radius 3 is 2.65 bits per heavy atom. The van der Waals surface area contributed by atoms with Gasteiger partial charge in [-0.2, -0.15) is 11.8 Å². The molecule has 0 bridgehead atoms. The van der Waals surface area contributed by atoms with Crippen molar-refractivity contribution in [3.63, 3.8) is 0 Å². The molecule has 3 atom stereocenters. The van der Waals surface area contributed by atoms with E-state index in [-0.39, 0.29) is 0 Å². The second kappa shape index (κ2) is 8.89. The summed E-state index contributed by atoms with van der Waals surface area (Å²) in [5.41, 5.74) is 2.65. The van der Waals surface area contributed by atoms with E-state index in [0.29, 0.717) is 17.6 Å². The molecule has 0 saturated heterocycles. The first-order valence-electron chi connectivity index (χ1n) is 7.19. The van der Waals surface area contributed by atoms with Crippen molar-refractivity contribution in [2.24, 2.45) is 11.8 Å². The summed E-state index contributed by atoms with van der Waals surface area (Å²) < 4.78 is 0. The number of hydrogen-bond acceptors (Lipinski definition) is 6. The fourth-order valence-electron chi connectivity index (χ4n) is 2.45. The number of allylic oxidation sites excluding steroid dienone is 1. The molecule has 20 heavy (non-hydrogen) atoms. The van der Waals surface area contributed by atoms with Gasteiger partial charge in [0.05, 0.1) is 0 Å². The zero-order valence-corrected chi connectivity index (χ0v) is 13.4.